The van der Waals surface area contributed by atoms with Gasteiger partial charge in [-0.1, -0.05) is 12.1 Å². The van der Waals surface area contributed by atoms with E-state index < -0.39 is 0 Å². The first kappa shape index (κ1) is 11.3. The molecule has 3 N–H and O–H groups in total. The van der Waals surface area contributed by atoms with E-state index in [-0.39, 0.29) is 5.56 Å². The summed E-state index contributed by atoms with van der Waals surface area (Å²) in [6, 6.07) is 9.27. The van der Waals surface area contributed by atoms with Gasteiger partial charge in [0.1, 0.15) is 5.82 Å². The first-order valence-electron chi connectivity index (χ1n) is 5.28. The predicted octanol–water partition coefficient (Wildman–Crippen LogP) is 0.997. The average Bonchev–Trinajstić information content (AvgIpc) is 2.38. The number of nitrogens with one attached hydrogen (secondary N) is 1. The van der Waals surface area contributed by atoms with E-state index in [4.69, 9.17) is 5.73 Å². The highest BCUT2D eigenvalue weighted by Gasteiger charge is 2.05. The van der Waals surface area contributed by atoms with Gasteiger partial charge in [-0.25, -0.2) is 4.98 Å². The number of aromatic amines is 1. The third kappa shape index (κ3) is 2.51. The lowest BCUT2D eigenvalue weighted by molar-refractivity contribution is 1.04. The molecular weight excluding hydrogens is 216 g/mol. The lowest BCUT2D eigenvalue weighted by Gasteiger charge is -2.17. The van der Waals surface area contributed by atoms with E-state index in [0.717, 1.165) is 11.3 Å². The maximum atomic E-state index is 11.2. The van der Waals surface area contributed by atoms with Crippen LogP contribution in [0.5, 0.6) is 0 Å². The van der Waals surface area contributed by atoms with Gasteiger partial charge in [0.2, 0.25) is 0 Å². The number of hydrogen-bond donors (Lipinski definition) is 2. The van der Waals surface area contributed by atoms with E-state index >= 15 is 0 Å². The van der Waals surface area contributed by atoms with Crippen LogP contribution in [0, 0.1) is 0 Å². The van der Waals surface area contributed by atoms with Gasteiger partial charge >= 0.3 is 0 Å². The minimum Gasteiger partial charge on any atom is -0.329 e. The predicted molar refractivity (Wildman–Crippen MR) is 67.3 cm³/mol. The van der Waals surface area contributed by atoms with Gasteiger partial charge in [0.05, 0.1) is 6.33 Å². The summed E-state index contributed by atoms with van der Waals surface area (Å²) in [5, 5.41) is 0. The zero-order valence-corrected chi connectivity index (χ0v) is 9.55. The number of benzene rings is 1. The summed E-state index contributed by atoms with van der Waals surface area (Å²) < 4.78 is 0. The van der Waals surface area contributed by atoms with E-state index in [1.807, 2.05) is 36.2 Å². The van der Waals surface area contributed by atoms with Gasteiger partial charge in [0.25, 0.3) is 5.56 Å². The molecule has 17 heavy (non-hydrogen) atoms. The topological polar surface area (TPSA) is 75.0 Å². The van der Waals surface area contributed by atoms with Crippen LogP contribution in [0.1, 0.15) is 5.56 Å². The van der Waals surface area contributed by atoms with Crippen molar-refractivity contribution in [2.75, 3.05) is 11.9 Å². The number of rotatable bonds is 3. The summed E-state index contributed by atoms with van der Waals surface area (Å²) in [5.41, 5.74) is 7.40. The van der Waals surface area contributed by atoms with Crippen molar-refractivity contribution in [3.05, 3.63) is 52.6 Å². The van der Waals surface area contributed by atoms with Crippen LogP contribution >= 0.6 is 0 Å². The zero-order valence-electron chi connectivity index (χ0n) is 9.55. The SMILES string of the molecule is CN(c1ccc(CN)cc1)c1cc(=O)[nH]cn1. The molecule has 0 aliphatic carbocycles. The molecular formula is C12H14N4O. The Kier molecular flexibility index (Phi) is 3.20. The molecule has 2 rings (SSSR count). The van der Waals surface area contributed by atoms with E-state index in [1.165, 1.54) is 12.4 Å². The van der Waals surface area contributed by atoms with Crippen molar-refractivity contribution in [2.24, 2.45) is 5.73 Å². The van der Waals surface area contributed by atoms with E-state index in [9.17, 15) is 4.79 Å². The van der Waals surface area contributed by atoms with Gasteiger partial charge < -0.3 is 15.6 Å². The van der Waals surface area contributed by atoms with Crippen molar-refractivity contribution in [3.63, 3.8) is 0 Å². The summed E-state index contributed by atoms with van der Waals surface area (Å²) in [4.78, 5) is 19.6. The van der Waals surface area contributed by atoms with Crippen molar-refractivity contribution in [3.8, 4) is 0 Å². The lowest BCUT2D eigenvalue weighted by Crippen LogP contribution is -2.15. The largest absolute Gasteiger partial charge is 0.329 e. The maximum absolute atomic E-state index is 11.2. The second-order valence-corrected chi connectivity index (χ2v) is 3.70. The smallest absolute Gasteiger partial charge is 0.252 e. The Balaban J connectivity index is 2.30. The molecule has 5 nitrogen and oxygen atoms in total. The first-order chi connectivity index (χ1) is 8.20. The fourth-order valence-corrected chi connectivity index (χ4v) is 1.53. The Hall–Kier alpha value is -2.14. The highest BCUT2D eigenvalue weighted by atomic mass is 16.1. The molecule has 0 aliphatic rings. The molecule has 0 radical (unpaired) electrons. The minimum absolute atomic E-state index is 0.166. The van der Waals surface area contributed by atoms with Crippen molar-refractivity contribution in [2.45, 2.75) is 6.54 Å². The van der Waals surface area contributed by atoms with Crippen LogP contribution in [0.2, 0.25) is 0 Å². The number of aromatic nitrogens is 2. The molecule has 0 unspecified atom stereocenters. The molecule has 0 bridgehead atoms. The van der Waals surface area contributed by atoms with Gasteiger partial charge in [-0.05, 0) is 17.7 Å². The van der Waals surface area contributed by atoms with E-state index in [1.54, 1.807) is 0 Å². The third-order valence-corrected chi connectivity index (χ3v) is 2.57. The van der Waals surface area contributed by atoms with Crippen molar-refractivity contribution in [1.82, 2.24) is 9.97 Å². The van der Waals surface area contributed by atoms with E-state index in [0.29, 0.717) is 12.4 Å². The Morgan fingerprint density at radius 1 is 1.35 bits per heavy atom. The second kappa shape index (κ2) is 4.80. The molecule has 0 saturated carbocycles. The normalized spacial score (nSPS) is 10.2. The molecule has 0 fully saturated rings. The van der Waals surface area contributed by atoms with Crippen LogP contribution in [0.4, 0.5) is 11.5 Å². The number of anilines is 2. The molecule has 1 aromatic heterocycles. The summed E-state index contributed by atoms with van der Waals surface area (Å²) in [6.45, 7) is 0.521. The Morgan fingerprint density at radius 3 is 2.65 bits per heavy atom. The van der Waals surface area contributed by atoms with Crippen LogP contribution in [0.25, 0.3) is 0 Å². The zero-order chi connectivity index (χ0) is 12.3. The lowest BCUT2D eigenvalue weighted by atomic mass is 10.2. The van der Waals surface area contributed by atoms with Crippen LogP contribution in [0.3, 0.4) is 0 Å². The van der Waals surface area contributed by atoms with Crippen LogP contribution in [-0.2, 0) is 6.54 Å². The third-order valence-electron chi connectivity index (χ3n) is 2.57. The van der Waals surface area contributed by atoms with Gasteiger partial charge in [0, 0.05) is 25.3 Å². The van der Waals surface area contributed by atoms with Gasteiger partial charge in [-0.3, -0.25) is 4.79 Å². The van der Waals surface area contributed by atoms with Crippen molar-refractivity contribution >= 4 is 11.5 Å². The molecule has 0 atom stereocenters. The Labute approximate surface area is 98.9 Å². The molecule has 88 valence electrons. The number of hydrogen-bond acceptors (Lipinski definition) is 4. The summed E-state index contributed by atoms with van der Waals surface area (Å²) in [7, 11) is 1.86. The number of nitrogens with zero attached hydrogens (tertiary/aromatic N) is 2. The monoisotopic (exact) mass is 230 g/mol. The highest BCUT2D eigenvalue weighted by molar-refractivity contribution is 5.58. The van der Waals surface area contributed by atoms with E-state index in [2.05, 4.69) is 9.97 Å². The molecule has 0 spiro atoms. The Bertz CT molecular complexity index is 547. The quantitative estimate of drug-likeness (QED) is 0.824. The first-order valence-corrected chi connectivity index (χ1v) is 5.28. The fraction of sp³-hybridized carbons (Fsp3) is 0.167. The van der Waals surface area contributed by atoms with Crippen LogP contribution in [0.15, 0.2) is 41.5 Å². The maximum Gasteiger partial charge on any atom is 0.252 e. The fourth-order valence-electron chi connectivity index (χ4n) is 1.53. The molecule has 0 saturated heterocycles. The van der Waals surface area contributed by atoms with Gasteiger partial charge in [-0.15, -0.1) is 0 Å². The molecule has 0 amide bonds. The molecule has 5 heteroatoms. The number of H-pyrrole nitrogens is 1. The molecule has 2 aromatic rings. The standard InChI is InChI=1S/C12H14N4O/c1-16(11-6-12(17)15-8-14-11)10-4-2-9(7-13)3-5-10/h2-6,8H,7,13H2,1H3,(H,14,15,17). The van der Waals surface area contributed by atoms with Crippen molar-refractivity contribution < 1.29 is 0 Å². The summed E-state index contributed by atoms with van der Waals surface area (Å²) >= 11 is 0. The van der Waals surface area contributed by atoms with Gasteiger partial charge in [-0.2, -0.15) is 0 Å². The number of nitrogens with two attached hydrogens (primary N) is 1. The Morgan fingerprint density at radius 2 is 2.06 bits per heavy atom. The van der Waals surface area contributed by atoms with Crippen LogP contribution in [-0.4, -0.2) is 17.0 Å². The molecule has 1 heterocycles. The average molecular weight is 230 g/mol. The second-order valence-electron chi connectivity index (χ2n) is 3.70. The van der Waals surface area contributed by atoms with Crippen molar-refractivity contribution in [1.29, 1.82) is 0 Å². The summed E-state index contributed by atoms with van der Waals surface area (Å²) in [5.74, 6) is 0.606. The van der Waals surface area contributed by atoms with Gasteiger partial charge in [0.15, 0.2) is 0 Å². The minimum atomic E-state index is -0.166. The van der Waals surface area contributed by atoms with Crippen LogP contribution < -0.4 is 16.2 Å². The molecule has 1 aromatic carbocycles. The summed E-state index contributed by atoms with van der Waals surface area (Å²) in [6.07, 6.45) is 1.39. The molecule has 0 aliphatic heterocycles. The highest BCUT2D eigenvalue weighted by Crippen LogP contribution is 2.20.